The number of hydrogen-bond donors (Lipinski definition) is 3. The van der Waals surface area contributed by atoms with Crippen LogP contribution in [-0.4, -0.2) is 30.7 Å². The fraction of sp³-hybridized carbons (Fsp3) is 0.462. The lowest BCUT2D eigenvalue weighted by molar-refractivity contribution is -0.115. The zero-order valence-corrected chi connectivity index (χ0v) is 10.4. The van der Waals surface area contributed by atoms with Crippen molar-refractivity contribution in [2.75, 3.05) is 25.0 Å². The average molecular weight is 236 g/mol. The van der Waals surface area contributed by atoms with Gasteiger partial charge in [0.1, 0.15) is 0 Å². The average Bonchev–Trinajstić information content (AvgIpc) is 2.23. The van der Waals surface area contributed by atoms with Crippen LogP contribution in [0, 0.1) is 13.8 Å². The van der Waals surface area contributed by atoms with Crippen LogP contribution in [0.3, 0.4) is 0 Å². The first-order valence-electron chi connectivity index (χ1n) is 5.81. The molecule has 0 bridgehead atoms. The van der Waals surface area contributed by atoms with Crippen LogP contribution in [0.2, 0.25) is 0 Å². The van der Waals surface area contributed by atoms with Gasteiger partial charge in [-0.2, -0.15) is 0 Å². The van der Waals surface area contributed by atoms with Crippen LogP contribution in [-0.2, 0) is 4.79 Å². The van der Waals surface area contributed by atoms with E-state index in [9.17, 15) is 4.79 Å². The van der Waals surface area contributed by atoms with Crippen LogP contribution in [0.15, 0.2) is 18.2 Å². The van der Waals surface area contributed by atoms with E-state index < -0.39 is 0 Å². The summed E-state index contributed by atoms with van der Waals surface area (Å²) in [6, 6.07) is 5.95. The van der Waals surface area contributed by atoms with E-state index >= 15 is 0 Å². The van der Waals surface area contributed by atoms with E-state index in [1.165, 1.54) is 0 Å². The molecular formula is C13H20N2O2. The molecule has 0 aliphatic heterocycles. The lowest BCUT2D eigenvalue weighted by atomic mass is 10.1. The molecule has 4 nitrogen and oxygen atoms in total. The van der Waals surface area contributed by atoms with E-state index in [0.717, 1.165) is 16.8 Å². The van der Waals surface area contributed by atoms with Crippen LogP contribution in [0.4, 0.5) is 5.69 Å². The van der Waals surface area contributed by atoms with Crippen LogP contribution < -0.4 is 10.6 Å². The standard InChI is InChI=1S/C13H20N2O2/c1-10-6-11(2)8-12(7-10)15-13(17)9-14-4-3-5-16/h6-8,14,16H,3-5,9H2,1-2H3,(H,15,17). The monoisotopic (exact) mass is 236 g/mol. The topological polar surface area (TPSA) is 61.4 Å². The molecule has 1 aromatic rings. The van der Waals surface area contributed by atoms with Crippen molar-refractivity contribution in [2.45, 2.75) is 20.3 Å². The normalized spacial score (nSPS) is 10.3. The molecule has 3 N–H and O–H groups in total. The molecule has 1 amide bonds. The minimum atomic E-state index is -0.0621. The first-order valence-corrected chi connectivity index (χ1v) is 5.81. The Hall–Kier alpha value is -1.39. The molecule has 0 saturated carbocycles. The van der Waals surface area contributed by atoms with Crippen molar-refractivity contribution in [1.29, 1.82) is 0 Å². The molecular weight excluding hydrogens is 216 g/mol. The molecule has 0 aromatic heterocycles. The highest BCUT2D eigenvalue weighted by Gasteiger charge is 2.02. The van der Waals surface area contributed by atoms with Gasteiger partial charge in [-0.25, -0.2) is 0 Å². The Bertz CT molecular complexity index is 357. The summed E-state index contributed by atoms with van der Waals surface area (Å²) in [5.41, 5.74) is 3.10. The highest BCUT2D eigenvalue weighted by Crippen LogP contribution is 2.13. The number of nitrogens with one attached hydrogen (secondary N) is 2. The van der Waals surface area contributed by atoms with Gasteiger partial charge in [-0.15, -0.1) is 0 Å². The summed E-state index contributed by atoms with van der Waals surface area (Å²) in [4.78, 5) is 11.6. The summed E-state index contributed by atoms with van der Waals surface area (Å²) in [6.07, 6.45) is 0.664. The van der Waals surface area contributed by atoms with E-state index in [-0.39, 0.29) is 19.1 Å². The molecule has 1 rings (SSSR count). The first-order chi connectivity index (χ1) is 8.11. The molecule has 17 heavy (non-hydrogen) atoms. The molecule has 0 atom stereocenters. The lowest BCUT2D eigenvalue weighted by Crippen LogP contribution is -2.29. The third-order valence-corrected chi connectivity index (χ3v) is 2.30. The SMILES string of the molecule is Cc1cc(C)cc(NC(=O)CNCCCO)c1. The third kappa shape index (κ3) is 5.47. The van der Waals surface area contributed by atoms with Gasteiger partial charge < -0.3 is 15.7 Å². The molecule has 0 heterocycles. The van der Waals surface area contributed by atoms with Gasteiger partial charge in [0, 0.05) is 12.3 Å². The van der Waals surface area contributed by atoms with Gasteiger partial charge in [0.05, 0.1) is 6.54 Å². The molecule has 0 aliphatic carbocycles. The van der Waals surface area contributed by atoms with Gasteiger partial charge in [-0.05, 0) is 50.1 Å². The smallest absolute Gasteiger partial charge is 0.238 e. The molecule has 0 saturated heterocycles. The van der Waals surface area contributed by atoms with Gasteiger partial charge in [0.15, 0.2) is 0 Å². The summed E-state index contributed by atoms with van der Waals surface area (Å²) >= 11 is 0. The van der Waals surface area contributed by atoms with Crippen molar-refractivity contribution in [1.82, 2.24) is 5.32 Å². The Kier molecular flexibility index (Phi) is 5.66. The summed E-state index contributed by atoms with van der Waals surface area (Å²) < 4.78 is 0. The molecule has 0 spiro atoms. The van der Waals surface area contributed by atoms with Gasteiger partial charge in [0.2, 0.25) is 5.91 Å². The maximum absolute atomic E-state index is 11.6. The zero-order chi connectivity index (χ0) is 12.7. The third-order valence-electron chi connectivity index (χ3n) is 2.30. The number of benzene rings is 1. The molecule has 0 unspecified atom stereocenters. The molecule has 0 radical (unpaired) electrons. The highest BCUT2D eigenvalue weighted by molar-refractivity contribution is 5.92. The van der Waals surface area contributed by atoms with Crippen molar-refractivity contribution in [3.8, 4) is 0 Å². The number of carbonyl (C=O) groups is 1. The lowest BCUT2D eigenvalue weighted by Gasteiger charge is -2.08. The Morgan fingerprint density at radius 1 is 1.24 bits per heavy atom. The van der Waals surface area contributed by atoms with Crippen LogP contribution in [0.1, 0.15) is 17.5 Å². The van der Waals surface area contributed by atoms with E-state index in [1.807, 2.05) is 26.0 Å². The number of aliphatic hydroxyl groups is 1. The van der Waals surface area contributed by atoms with E-state index in [2.05, 4.69) is 16.7 Å². The van der Waals surface area contributed by atoms with Crippen LogP contribution in [0.5, 0.6) is 0 Å². The Morgan fingerprint density at radius 3 is 2.47 bits per heavy atom. The highest BCUT2D eigenvalue weighted by atomic mass is 16.3. The second-order valence-electron chi connectivity index (χ2n) is 4.18. The maximum Gasteiger partial charge on any atom is 0.238 e. The molecule has 1 aromatic carbocycles. The number of aliphatic hydroxyl groups excluding tert-OH is 1. The number of hydrogen-bond acceptors (Lipinski definition) is 3. The zero-order valence-electron chi connectivity index (χ0n) is 10.4. The predicted molar refractivity (Wildman–Crippen MR) is 69.1 cm³/mol. The van der Waals surface area contributed by atoms with Crippen molar-refractivity contribution < 1.29 is 9.90 Å². The van der Waals surface area contributed by atoms with Crippen molar-refractivity contribution in [3.05, 3.63) is 29.3 Å². The summed E-state index contributed by atoms with van der Waals surface area (Å²) in [5, 5.41) is 14.4. The predicted octanol–water partition coefficient (Wildman–Crippen LogP) is 1.21. The Balaban J connectivity index is 2.39. The van der Waals surface area contributed by atoms with Gasteiger partial charge in [0.25, 0.3) is 0 Å². The van der Waals surface area contributed by atoms with E-state index in [4.69, 9.17) is 5.11 Å². The Morgan fingerprint density at radius 2 is 1.88 bits per heavy atom. The van der Waals surface area contributed by atoms with E-state index in [1.54, 1.807) is 0 Å². The minimum absolute atomic E-state index is 0.0621. The number of amides is 1. The van der Waals surface area contributed by atoms with Crippen molar-refractivity contribution >= 4 is 11.6 Å². The first kappa shape index (κ1) is 13.7. The van der Waals surface area contributed by atoms with Crippen molar-refractivity contribution in [3.63, 3.8) is 0 Å². The summed E-state index contributed by atoms with van der Waals surface area (Å²) in [7, 11) is 0. The largest absolute Gasteiger partial charge is 0.396 e. The number of anilines is 1. The van der Waals surface area contributed by atoms with Gasteiger partial charge >= 0.3 is 0 Å². The minimum Gasteiger partial charge on any atom is -0.396 e. The van der Waals surface area contributed by atoms with Gasteiger partial charge in [-0.3, -0.25) is 4.79 Å². The molecule has 4 heteroatoms. The number of rotatable bonds is 6. The number of aryl methyl sites for hydroxylation is 2. The summed E-state index contributed by atoms with van der Waals surface area (Å²) in [6.45, 7) is 5.07. The Labute approximate surface area is 102 Å². The van der Waals surface area contributed by atoms with Gasteiger partial charge in [-0.1, -0.05) is 6.07 Å². The fourth-order valence-electron chi connectivity index (χ4n) is 1.66. The van der Waals surface area contributed by atoms with Crippen molar-refractivity contribution in [2.24, 2.45) is 0 Å². The van der Waals surface area contributed by atoms with Crippen LogP contribution >= 0.6 is 0 Å². The number of carbonyl (C=O) groups excluding carboxylic acids is 1. The van der Waals surface area contributed by atoms with Crippen LogP contribution in [0.25, 0.3) is 0 Å². The summed E-state index contributed by atoms with van der Waals surface area (Å²) in [5.74, 6) is -0.0621. The molecule has 0 fully saturated rings. The molecule has 0 aliphatic rings. The van der Waals surface area contributed by atoms with E-state index in [0.29, 0.717) is 13.0 Å². The second kappa shape index (κ2) is 7.04. The maximum atomic E-state index is 11.6. The second-order valence-corrected chi connectivity index (χ2v) is 4.18. The molecule has 94 valence electrons. The fourth-order valence-corrected chi connectivity index (χ4v) is 1.66. The quantitative estimate of drug-likeness (QED) is 0.651.